The van der Waals surface area contributed by atoms with E-state index in [0.717, 1.165) is 38.5 Å². The van der Waals surface area contributed by atoms with Gasteiger partial charge in [0.05, 0.1) is 13.2 Å². The first-order chi connectivity index (χ1) is 17.7. The van der Waals surface area contributed by atoms with Crippen molar-refractivity contribution in [3.8, 4) is 0 Å². The second-order valence-electron chi connectivity index (χ2n) is 10.6. The standard InChI is InChI=1S/3C8H19O2P.C3H8O3/c3*1-5-7(3)11(9,10)8(4)6-2;4-1-3(6)2-5/h3*7-8H,5-6H2,1-4H3,(H,9,10);3-6H,1-2H2. The Kier molecular flexibility index (Phi) is 28.5. The van der Waals surface area contributed by atoms with Gasteiger partial charge in [0, 0.05) is 34.0 Å². The lowest BCUT2D eigenvalue weighted by atomic mass is 10.4. The van der Waals surface area contributed by atoms with Crippen LogP contribution in [0.4, 0.5) is 0 Å². The molecule has 0 aromatic carbocycles. The van der Waals surface area contributed by atoms with Gasteiger partial charge in [-0.15, -0.1) is 0 Å². The summed E-state index contributed by atoms with van der Waals surface area (Å²) in [7, 11) is -8.62. The topological polar surface area (TPSA) is 173 Å². The molecular weight excluding hydrogens is 561 g/mol. The van der Waals surface area contributed by atoms with Crippen LogP contribution in [-0.4, -0.2) is 83.3 Å². The minimum atomic E-state index is -2.87. The highest BCUT2D eigenvalue weighted by atomic mass is 31.2. The molecule has 39 heavy (non-hydrogen) atoms. The summed E-state index contributed by atoms with van der Waals surface area (Å²) in [4.78, 5) is 28.8. The highest BCUT2D eigenvalue weighted by Crippen LogP contribution is 2.54. The van der Waals surface area contributed by atoms with Crippen molar-refractivity contribution in [2.75, 3.05) is 13.2 Å². The average Bonchev–Trinajstić information content (AvgIpc) is 2.94. The molecule has 0 aliphatic rings. The van der Waals surface area contributed by atoms with Crippen LogP contribution in [0.5, 0.6) is 0 Å². The zero-order chi connectivity index (χ0) is 32.2. The molecule has 242 valence electrons. The molecule has 0 bridgehead atoms. The third-order valence-electron chi connectivity index (χ3n) is 7.76. The Morgan fingerprint density at radius 1 is 0.436 bits per heavy atom. The first-order valence-electron chi connectivity index (χ1n) is 14.6. The number of hydrogen-bond acceptors (Lipinski definition) is 6. The van der Waals surface area contributed by atoms with Crippen LogP contribution in [0.2, 0.25) is 0 Å². The second kappa shape index (κ2) is 24.0. The lowest BCUT2D eigenvalue weighted by molar-refractivity contribution is 0.0450. The van der Waals surface area contributed by atoms with Crippen LogP contribution >= 0.6 is 22.1 Å². The van der Waals surface area contributed by atoms with E-state index in [1.165, 1.54) is 0 Å². The predicted molar refractivity (Wildman–Crippen MR) is 168 cm³/mol. The number of aliphatic hydroxyl groups is 3. The number of aliphatic hydroxyl groups excluding tert-OH is 3. The Morgan fingerprint density at radius 2 is 0.564 bits per heavy atom. The summed E-state index contributed by atoms with van der Waals surface area (Å²) >= 11 is 0. The maximum atomic E-state index is 11.6. The Bertz CT molecular complexity index is 589. The molecule has 0 aliphatic heterocycles. The molecule has 0 spiro atoms. The van der Waals surface area contributed by atoms with Crippen molar-refractivity contribution >= 4 is 22.1 Å². The SMILES string of the molecule is CCC(C)P(=O)(O)C(C)CC.CCC(C)P(=O)(O)C(C)CC.CCC(C)P(=O)(O)C(C)CC.OCC(O)CO. The monoisotopic (exact) mass is 626 g/mol. The van der Waals surface area contributed by atoms with Crippen molar-refractivity contribution in [2.24, 2.45) is 0 Å². The molecule has 6 atom stereocenters. The summed E-state index contributed by atoms with van der Waals surface area (Å²) in [5.74, 6) is 0. The molecule has 9 nitrogen and oxygen atoms in total. The predicted octanol–water partition coefficient (Wildman–Crippen LogP) is 6.89. The summed E-state index contributed by atoms with van der Waals surface area (Å²) in [5, 5.41) is 24.0. The molecule has 0 rings (SSSR count). The van der Waals surface area contributed by atoms with E-state index in [4.69, 9.17) is 15.3 Å². The van der Waals surface area contributed by atoms with E-state index in [0.29, 0.717) is 0 Å². The van der Waals surface area contributed by atoms with Crippen molar-refractivity contribution in [3.05, 3.63) is 0 Å². The Hall–Kier alpha value is 0.450. The number of rotatable bonds is 14. The lowest BCUT2D eigenvalue weighted by Gasteiger charge is -2.23. The van der Waals surface area contributed by atoms with Crippen LogP contribution < -0.4 is 0 Å². The van der Waals surface area contributed by atoms with Crippen LogP contribution in [0.3, 0.4) is 0 Å². The van der Waals surface area contributed by atoms with Gasteiger partial charge in [0.2, 0.25) is 22.1 Å². The molecule has 0 amide bonds. The fourth-order valence-corrected chi connectivity index (χ4v) is 8.68. The summed E-state index contributed by atoms with van der Waals surface area (Å²) in [6.07, 6.45) is 3.79. The quantitative estimate of drug-likeness (QED) is 0.112. The molecule has 0 heterocycles. The molecule has 0 fully saturated rings. The molecule has 12 heteroatoms. The van der Waals surface area contributed by atoms with E-state index in [9.17, 15) is 28.4 Å². The molecule has 0 radical (unpaired) electrons. The van der Waals surface area contributed by atoms with Gasteiger partial charge in [0.15, 0.2) is 0 Å². The molecule has 0 aromatic heterocycles. The summed E-state index contributed by atoms with van der Waals surface area (Å²) in [6.45, 7) is 22.1. The first-order valence-corrected chi connectivity index (χ1v) is 20.0. The van der Waals surface area contributed by atoms with Gasteiger partial charge in [-0.2, -0.15) is 0 Å². The third kappa shape index (κ3) is 18.6. The van der Waals surface area contributed by atoms with Crippen molar-refractivity contribution < 1.29 is 43.7 Å². The van der Waals surface area contributed by atoms with Crippen molar-refractivity contribution in [2.45, 2.75) is 162 Å². The van der Waals surface area contributed by atoms with E-state index < -0.39 is 28.2 Å². The Labute approximate surface area is 240 Å². The Balaban J connectivity index is -0.000000214. The molecule has 0 aliphatic carbocycles. The minimum absolute atomic E-state index is 0.0440. The zero-order valence-electron chi connectivity index (χ0n) is 26.9. The number of hydrogen-bond donors (Lipinski definition) is 6. The van der Waals surface area contributed by atoms with Gasteiger partial charge in [-0.05, 0) is 38.5 Å². The Morgan fingerprint density at radius 3 is 0.615 bits per heavy atom. The first kappa shape index (κ1) is 46.4. The molecule has 6 unspecified atom stereocenters. The van der Waals surface area contributed by atoms with E-state index in [2.05, 4.69) is 0 Å². The smallest absolute Gasteiger partial charge is 0.206 e. The van der Waals surface area contributed by atoms with Crippen molar-refractivity contribution in [1.29, 1.82) is 0 Å². The highest BCUT2D eigenvalue weighted by Gasteiger charge is 2.32. The van der Waals surface area contributed by atoms with Crippen LogP contribution in [0.1, 0.15) is 122 Å². The normalized spacial score (nSPS) is 20.4. The van der Waals surface area contributed by atoms with Crippen molar-refractivity contribution in [3.63, 3.8) is 0 Å². The van der Waals surface area contributed by atoms with E-state index in [1.54, 1.807) is 0 Å². The van der Waals surface area contributed by atoms with E-state index in [1.807, 2.05) is 83.1 Å². The molecule has 0 aromatic rings. The van der Waals surface area contributed by atoms with Gasteiger partial charge < -0.3 is 30.0 Å². The van der Waals surface area contributed by atoms with Gasteiger partial charge in [-0.3, -0.25) is 13.7 Å². The van der Waals surface area contributed by atoms with Crippen molar-refractivity contribution in [1.82, 2.24) is 0 Å². The molecular formula is C27H65O9P3. The van der Waals surface area contributed by atoms with Gasteiger partial charge in [0.1, 0.15) is 6.10 Å². The fourth-order valence-electron chi connectivity index (χ4n) is 2.93. The average molecular weight is 627 g/mol. The van der Waals surface area contributed by atoms with Gasteiger partial charge in [0.25, 0.3) is 0 Å². The minimum Gasteiger partial charge on any atom is -0.394 e. The summed E-state index contributed by atoms with van der Waals surface area (Å²) < 4.78 is 34.9. The van der Waals surface area contributed by atoms with Crippen LogP contribution in [0.15, 0.2) is 0 Å². The molecule has 6 N–H and O–H groups in total. The maximum absolute atomic E-state index is 11.6. The zero-order valence-corrected chi connectivity index (χ0v) is 29.6. The van der Waals surface area contributed by atoms with Gasteiger partial charge in [-0.1, -0.05) is 83.1 Å². The van der Waals surface area contributed by atoms with Crippen LogP contribution in [-0.2, 0) is 13.7 Å². The lowest BCUT2D eigenvalue weighted by Crippen LogP contribution is -2.15. The third-order valence-corrected chi connectivity index (χ3v) is 17.5. The van der Waals surface area contributed by atoms with E-state index >= 15 is 0 Å². The van der Waals surface area contributed by atoms with Gasteiger partial charge in [-0.25, -0.2) is 0 Å². The van der Waals surface area contributed by atoms with Crippen LogP contribution in [0, 0.1) is 0 Å². The maximum Gasteiger partial charge on any atom is 0.206 e. The summed E-state index contributed by atoms with van der Waals surface area (Å²) in [5.41, 5.74) is -0.264. The largest absolute Gasteiger partial charge is 0.394 e. The highest BCUT2D eigenvalue weighted by molar-refractivity contribution is 7.60. The van der Waals surface area contributed by atoms with Crippen LogP contribution in [0.25, 0.3) is 0 Å². The fraction of sp³-hybridized carbons (Fsp3) is 1.00. The summed E-state index contributed by atoms with van der Waals surface area (Å²) in [6, 6.07) is 0. The van der Waals surface area contributed by atoms with E-state index in [-0.39, 0.29) is 47.2 Å². The second-order valence-corrected chi connectivity index (χ2v) is 19.9. The molecule has 0 saturated heterocycles. The molecule has 0 saturated carbocycles. The van der Waals surface area contributed by atoms with Gasteiger partial charge >= 0.3 is 0 Å².